The Balaban J connectivity index is 1.87. The summed E-state index contributed by atoms with van der Waals surface area (Å²) < 4.78 is 0. The lowest BCUT2D eigenvalue weighted by Crippen LogP contribution is -2.19. The summed E-state index contributed by atoms with van der Waals surface area (Å²) in [5.74, 6) is -0.189. The van der Waals surface area contributed by atoms with Crippen LogP contribution in [0.4, 0.5) is 0 Å². The highest BCUT2D eigenvalue weighted by Crippen LogP contribution is 2.10. The van der Waals surface area contributed by atoms with E-state index in [-0.39, 0.29) is 12.3 Å². The smallest absolute Gasteiger partial charge is 0.244 e. The first kappa shape index (κ1) is 14.6. The highest BCUT2D eigenvalue weighted by atomic mass is 35.5. The van der Waals surface area contributed by atoms with Gasteiger partial charge in [0.15, 0.2) is 0 Å². The van der Waals surface area contributed by atoms with Crippen molar-refractivity contribution in [2.24, 2.45) is 5.10 Å². The molecule has 0 spiro atoms. The van der Waals surface area contributed by atoms with Gasteiger partial charge in [0.05, 0.1) is 12.6 Å². The topological polar surface area (TPSA) is 41.5 Å². The third-order valence-electron chi connectivity index (χ3n) is 2.53. The number of benzene rings is 2. The molecular weight excluding hydrogens is 295 g/mol. The quantitative estimate of drug-likeness (QED) is 0.679. The minimum absolute atomic E-state index is 0.189. The van der Waals surface area contributed by atoms with Crippen molar-refractivity contribution in [3.05, 3.63) is 69.7 Å². The lowest BCUT2D eigenvalue weighted by Gasteiger charge is -2.00. The third-order valence-corrected chi connectivity index (χ3v) is 3.02. The van der Waals surface area contributed by atoms with Crippen molar-refractivity contribution in [3.63, 3.8) is 0 Å². The number of carbonyl (C=O) groups excluding carboxylic acids is 1. The van der Waals surface area contributed by atoms with Crippen LogP contribution in [0.15, 0.2) is 53.6 Å². The summed E-state index contributed by atoms with van der Waals surface area (Å²) in [4.78, 5) is 11.7. The molecule has 0 unspecified atom stereocenters. The van der Waals surface area contributed by atoms with Crippen LogP contribution in [0.2, 0.25) is 10.0 Å². The number of hydrogen-bond acceptors (Lipinski definition) is 2. The van der Waals surface area contributed by atoms with Crippen molar-refractivity contribution in [3.8, 4) is 0 Å². The molecule has 2 rings (SSSR count). The number of hydrogen-bond donors (Lipinski definition) is 1. The van der Waals surface area contributed by atoms with Gasteiger partial charge in [0, 0.05) is 10.0 Å². The highest BCUT2D eigenvalue weighted by Gasteiger charge is 2.01. The van der Waals surface area contributed by atoms with Crippen LogP contribution in [0.3, 0.4) is 0 Å². The maximum Gasteiger partial charge on any atom is 0.244 e. The second-order valence-corrected chi connectivity index (χ2v) is 5.02. The van der Waals surface area contributed by atoms with Gasteiger partial charge in [-0.05, 0) is 35.4 Å². The molecule has 1 amide bonds. The standard InChI is InChI=1S/C15H12Cl2N2O/c16-13-6-4-11(5-7-13)9-15(20)19-18-10-12-2-1-3-14(17)8-12/h1-8,10H,9H2,(H,19,20)/b18-10-. The fourth-order valence-corrected chi connectivity index (χ4v) is 1.92. The Kier molecular flexibility index (Phi) is 5.16. The van der Waals surface area contributed by atoms with E-state index in [2.05, 4.69) is 10.5 Å². The van der Waals surface area contributed by atoms with Gasteiger partial charge in [-0.1, -0.05) is 47.5 Å². The fraction of sp³-hybridized carbons (Fsp3) is 0.0667. The molecular formula is C15H12Cl2N2O. The van der Waals surface area contributed by atoms with Gasteiger partial charge in [0.25, 0.3) is 0 Å². The molecule has 3 nitrogen and oxygen atoms in total. The molecule has 0 saturated heterocycles. The summed E-state index contributed by atoms with van der Waals surface area (Å²) in [7, 11) is 0. The van der Waals surface area contributed by atoms with Gasteiger partial charge in [0.2, 0.25) is 5.91 Å². The lowest BCUT2D eigenvalue weighted by molar-refractivity contribution is -0.120. The summed E-state index contributed by atoms with van der Waals surface area (Å²) in [5, 5.41) is 5.16. The maximum atomic E-state index is 11.7. The van der Waals surface area contributed by atoms with Crippen molar-refractivity contribution in [1.29, 1.82) is 0 Å². The molecule has 2 aromatic rings. The summed E-state index contributed by atoms with van der Waals surface area (Å²) in [5.41, 5.74) is 4.17. The zero-order valence-corrected chi connectivity index (χ0v) is 12.0. The van der Waals surface area contributed by atoms with E-state index in [1.54, 1.807) is 30.5 Å². The SMILES string of the molecule is O=C(Cc1ccc(Cl)cc1)N/N=C\c1cccc(Cl)c1. The van der Waals surface area contributed by atoms with Crippen LogP contribution in [0, 0.1) is 0 Å². The first-order valence-corrected chi connectivity index (χ1v) is 6.71. The average Bonchev–Trinajstić information content (AvgIpc) is 2.41. The summed E-state index contributed by atoms with van der Waals surface area (Å²) in [6.45, 7) is 0. The second kappa shape index (κ2) is 7.08. The molecule has 0 aliphatic rings. The molecule has 0 aliphatic carbocycles. The van der Waals surface area contributed by atoms with E-state index in [0.717, 1.165) is 11.1 Å². The molecule has 5 heteroatoms. The zero-order valence-electron chi connectivity index (χ0n) is 10.5. The Morgan fingerprint density at radius 2 is 1.85 bits per heavy atom. The molecule has 0 radical (unpaired) electrons. The van der Waals surface area contributed by atoms with Gasteiger partial charge in [-0.15, -0.1) is 0 Å². The maximum absolute atomic E-state index is 11.7. The van der Waals surface area contributed by atoms with Crippen molar-refractivity contribution >= 4 is 35.3 Å². The third kappa shape index (κ3) is 4.68. The van der Waals surface area contributed by atoms with Crippen LogP contribution in [-0.2, 0) is 11.2 Å². The first-order chi connectivity index (χ1) is 9.63. The van der Waals surface area contributed by atoms with Gasteiger partial charge in [-0.25, -0.2) is 5.43 Å². The van der Waals surface area contributed by atoms with Crippen molar-refractivity contribution < 1.29 is 4.79 Å². The minimum atomic E-state index is -0.189. The van der Waals surface area contributed by atoms with Crippen molar-refractivity contribution in [2.75, 3.05) is 0 Å². The number of carbonyl (C=O) groups is 1. The molecule has 0 saturated carbocycles. The molecule has 0 fully saturated rings. The summed E-state index contributed by atoms with van der Waals surface area (Å²) in [6, 6.07) is 14.3. The summed E-state index contributed by atoms with van der Waals surface area (Å²) in [6.07, 6.45) is 1.80. The van der Waals surface area contributed by atoms with E-state index in [0.29, 0.717) is 10.0 Å². The number of rotatable bonds is 4. The van der Waals surface area contributed by atoms with Gasteiger partial charge in [-0.2, -0.15) is 5.10 Å². The molecule has 0 heterocycles. The fourth-order valence-electron chi connectivity index (χ4n) is 1.59. The Morgan fingerprint density at radius 1 is 1.10 bits per heavy atom. The molecule has 1 N–H and O–H groups in total. The Morgan fingerprint density at radius 3 is 2.55 bits per heavy atom. The van der Waals surface area contributed by atoms with Gasteiger partial charge >= 0.3 is 0 Å². The van der Waals surface area contributed by atoms with E-state index >= 15 is 0 Å². The second-order valence-electron chi connectivity index (χ2n) is 4.15. The number of hydrazone groups is 1. The molecule has 20 heavy (non-hydrogen) atoms. The first-order valence-electron chi connectivity index (χ1n) is 5.95. The molecule has 0 aromatic heterocycles. The molecule has 2 aromatic carbocycles. The van der Waals surface area contributed by atoms with E-state index in [4.69, 9.17) is 23.2 Å². The van der Waals surface area contributed by atoms with E-state index in [9.17, 15) is 4.79 Å². The predicted octanol–water partition coefficient (Wildman–Crippen LogP) is 3.69. The monoisotopic (exact) mass is 306 g/mol. The number of nitrogens with one attached hydrogen (secondary N) is 1. The van der Waals surface area contributed by atoms with Crippen LogP contribution in [0.5, 0.6) is 0 Å². The van der Waals surface area contributed by atoms with Crippen LogP contribution < -0.4 is 5.43 Å². The average molecular weight is 307 g/mol. The van der Waals surface area contributed by atoms with Crippen LogP contribution in [-0.4, -0.2) is 12.1 Å². The molecule has 0 bridgehead atoms. The number of amides is 1. The van der Waals surface area contributed by atoms with Gasteiger partial charge in [0.1, 0.15) is 0 Å². The van der Waals surface area contributed by atoms with E-state index in [1.807, 2.05) is 24.3 Å². The van der Waals surface area contributed by atoms with Gasteiger partial charge < -0.3 is 0 Å². The van der Waals surface area contributed by atoms with Crippen LogP contribution >= 0.6 is 23.2 Å². The normalized spacial score (nSPS) is 10.7. The van der Waals surface area contributed by atoms with Gasteiger partial charge in [-0.3, -0.25) is 4.79 Å². The lowest BCUT2D eigenvalue weighted by atomic mass is 10.1. The zero-order chi connectivity index (χ0) is 14.4. The van der Waals surface area contributed by atoms with Crippen LogP contribution in [0.1, 0.15) is 11.1 Å². The predicted molar refractivity (Wildman–Crippen MR) is 82.3 cm³/mol. The Hall–Kier alpha value is -1.84. The highest BCUT2D eigenvalue weighted by molar-refractivity contribution is 6.31. The molecule has 102 valence electrons. The number of nitrogens with zero attached hydrogens (tertiary/aromatic N) is 1. The largest absolute Gasteiger partial charge is 0.273 e. The Bertz CT molecular complexity index is 624. The minimum Gasteiger partial charge on any atom is -0.273 e. The summed E-state index contributed by atoms with van der Waals surface area (Å²) >= 11 is 11.6. The van der Waals surface area contributed by atoms with E-state index < -0.39 is 0 Å². The molecule has 0 atom stereocenters. The van der Waals surface area contributed by atoms with Crippen LogP contribution in [0.25, 0.3) is 0 Å². The van der Waals surface area contributed by atoms with Crippen molar-refractivity contribution in [1.82, 2.24) is 5.43 Å². The van der Waals surface area contributed by atoms with Crippen molar-refractivity contribution in [2.45, 2.75) is 6.42 Å². The van der Waals surface area contributed by atoms with E-state index in [1.165, 1.54) is 0 Å². The number of halogens is 2. The molecule has 0 aliphatic heterocycles. The Labute approximate surface area is 127 Å².